The summed E-state index contributed by atoms with van der Waals surface area (Å²) in [4.78, 5) is 13.9. The second kappa shape index (κ2) is 4.94. The van der Waals surface area contributed by atoms with Gasteiger partial charge in [-0.05, 0) is 56.4 Å². The van der Waals surface area contributed by atoms with E-state index < -0.39 is 0 Å². The van der Waals surface area contributed by atoms with Gasteiger partial charge in [0, 0.05) is 36.2 Å². The summed E-state index contributed by atoms with van der Waals surface area (Å²) in [6, 6.07) is 8.41. The maximum atomic E-state index is 11.5. The zero-order valence-electron chi connectivity index (χ0n) is 12.0. The van der Waals surface area contributed by atoms with Crippen molar-refractivity contribution in [3.63, 3.8) is 0 Å². The summed E-state index contributed by atoms with van der Waals surface area (Å²) in [6.07, 6.45) is 5.22. The summed E-state index contributed by atoms with van der Waals surface area (Å²) in [6.45, 7) is 3.68. The number of carbonyl (C=O) groups excluding carboxylic acids is 1. The zero-order valence-corrected chi connectivity index (χ0v) is 12.0. The van der Waals surface area contributed by atoms with Crippen LogP contribution in [0.1, 0.15) is 48.5 Å². The predicted molar refractivity (Wildman–Crippen MR) is 78.9 cm³/mol. The molecule has 2 aliphatic rings. The van der Waals surface area contributed by atoms with Crippen molar-refractivity contribution < 1.29 is 4.79 Å². The van der Waals surface area contributed by atoms with E-state index >= 15 is 0 Å². The second-order valence-electron chi connectivity index (χ2n) is 6.26. The molecule has 0 spiro atoms. The number of nitrogens with zero attached hydrogens (tertiary/aromatic N) is 2. The standard InChI is InChI=1S/C17H20N2O/c1-13(20)14-4-5-16-15(11-14)3-2-10-19(16)12-17(6-7-17)8-9-18/h4-5,11H,2-3,6-8,10,12H2,1H3. The van der Waals surface area contributed by atoms with Crippen LogP contribution in [-0.4, -0.2) is 18.9 Å². The predicted octanol–water partition coefficient (Wildman–Crippen LogP) is 3.34. The molecule has 1 saturated carbocycles. The van der Waals surface area contributed by atoms with Crippen LogP contribution in [0.25, 0.3) is 0 Å². The van der Waals surface area contributed by atoms with Gasteiger partial charge in [0.25, 0.3) is 0 Å². The van der Waals surface area contributed by atoms with Gasteiger partial charge in [0.1, 0.15) is 0 Å². The Balaban J connectivity index is 1.83. The van der Waals surface area contributed by atoms with E-state index in [9.17, 15) is 4.79 Å². The summed E-state index contributed by atoms with van der Waals surface area (Å²) in [5.74, 6) is 0.132. The second-order valence-corrected chi connectivity index (χ2v) is 6.26. The Hall–Kier alpha value is -1.82. The van der Waals surface area contributed by atoms with Crippen LogP contribution in [0.5, 0.6) is 0 Å². The van der Waals surface area contributed by atoms with Gasteiger partial charge in [-0.1, -0.05) is 0 Å². The molecule has 3 nitrogen and oxygen atoms in total. The Morgan fingerprint density at radius 2 is 2.25 bits per heavy atom. The molecule has 1 fully saturated rings. The molecule has 0 unspecified atom stereocenters. The lowest BCUT2D eigenvalue weighted by molar-refractivity contribution is 0.101. The first-order chi connectivity index (χ1) is 9.63. The molecule has 0 bridgehead atoms. The summed E-state index contributed by atoms with van der Waals surface area (Å²) < 4.78 is 0. The third-order valence-corrected chi connectivity index (χ3v) is 4.64. The number of carbonyl (C=O) groups is 1. The number of rotatable bonds is 4. The lowest BCUT2D eigenvalue weighted by Crippen LogP contribution is -2.34. The van der Waals surface area contributed by atoms with Gasteiger partial charge < -0.3 is 4.90 Å². The van der Waals surface area contributed by atoms with Crippen molar-refractivity contribution in [1.82, 2.24) is 0 Å². The lowest BCUT2D eigenvalue weighted by Gasteiger charge is -2.34. The van der Waals surface area contributed by atoms with E-state index in [4.69, 9.17) is 5.26 Å². The maximum Gasteiger partial charge on any atom is 0.159 e. The first-order valence-corrected chi connectivity index (χ1v) is 7.39. The van der Waals surface area contributed by atoms with Crippen LogP contribution in [0, 0.1) is 16.7 Å². The molecule has 1 aromatic carbocycles. The number of nitriles is 1. The van der Waals surface area contributed by atoms with Crippen molar-refractivity contribution in [2.24, 2.45) is 5.41 Å². The number of aryl methyl sites for hydroxylation is 1. The molecule has 0 N–H and O–H groups in total. The topological polar surface area (TPSA) is 44.1 Å². The monoisotopic (exact) mass is 268 g/mol. The largest absolute Gasteiger partial charge is 0.371 e. The Morgan fingerprint density at radius 3 is 2.90 bits per heavy atom. The van der Waals surface area contributed by atoms with Crippen LogP contribution in [0.15, 0.2) is 18.2 Å². The first-order valence-electron chi connectivity index (χ1n) is 7.39. The molecule has 0 atom stereocenters. The summed E-state index contributed by atoms with van der Waals surface area (Å²) in [7, 11) is 0. The van der Waals surface area contributed by atoms with Crippen molar-refractivity contribution in [3.05, 3.63) is 29.3 Å². The first kappa shape index (κ1) is 13.2. The third-order valence-electron chi connectivity index (χ3n) is 4.64. The minimum absolute atomic E-state index is 0.132. The van der Waals surface area contributed by atoms with E-state index in [-0.39, 0.29) is 11.2 Å². The highest BCUT2D eigenvalue weighted by atomic mass is 16.1. The molecule has 20 heavy (non-hydrogen) atoms. The molecule has 3 heteroatoms. The molecule has 1 aliphatic carbocycles. The van der Waals surface area contributed by atoms with E-state index in [2.05, 4.69) is 17.0 Å². The van der Waals surface area contributed by atoms with Gasteiger partial charge in [-0.2, -0.15) is 5.26 Å². The van der Waals surface area contributed by atoms with Crippen LogP contribution in [0.3, 0.4) is 0 Å². The van der Waals surface area contributed by atoms with Gasteiger partial charge >= 0.3 is 0 Å². The summed E-state index contributed by atoms with van der Waals surface area (Å²) >= 11 is 0. The summed E-state index contributed by atoms with van der Waals surface area (Å²) in [5.41, 5.74) is 3.61. The lowest BCUT2D eigenvalue weighted by atomic mass is 9.95. The minimum Gasteiger partial charge on any atom is -0.371 e. The van der Waals surface area contributed by atoms with Crippen LogP contribution >= 0.6 is 0 Å². The van der Waals surface area contributed by atoms with Crippen molar-refractivity contribution in [2.45, 2.75) is 39.0 Å². The number of hydrogen-bond acceptors (Lipinski definition) is 3. The number of fused-ring (bicyclic) bond motifs is 1. The number of benzene rings is 1. The van der Waals surface area contributed by atoms with E-state index in [1.165, 1.54) is 24.1 Å². The fraction of sp³-hybridized carbons (Fsp3) is 0.529. The molecular formula is C17H20N2O. The third kappa shape index (κ3) is 2.43. The highest BCUT2D eigenvalue weighted by Crippen LogP contribution is 2.50. The van der Waals surface area contributed by atoms with E-state index in [0.29, 0.717) is 6.42 Å². The normalized spacial score (nSPS) is 19.1. The molecule has 1 aromatic rings. The van der Waals surface area contributed by atoms with Gasteiger partial charge in [0.05, 0.1) is 6.07 Å². The van der Waals surface area contributed by atoms with Crippen LogP contribution < -0.4 is 4.90 Å². The molecule has 0 amide bonds. The van der Waals surface area contributed by atoms with Crippen LogP contribution in [0.2, 0.25) is 0 Å². The number of hydrogen-bond donors (Lipinski definition) is 0. The number of ketones is 1. The molecule has 3 rings (SSSR count). The molecule has 1 heterocycles. The van der Waals surface area contributed by atoms with Crippen molar-refractivity contribution in [2.75, 3.05) is 18.0 Å². The molecule has 1 aliphatic heterocycles. The molecule has 104 valence electrons. The number of anilines is 1. The quantitative estimate of drug-likeness (QED) is 0.787. The zero-order chi connectivity index (χ0) is 14.2. The van der Waals surface area contributed by atoms with Gasteiger partial charge in [0.15, 0.2) is 5.78 Å². The molecule has 0 radical (unpaired) electrons. The average molecular weight is 268 g/mol. The highest BCUT2D eigenvalue weighted by Gasteiger charge is 2.44. The summed E-state index contributed by atoms with van der Waals surface area (Å²) in [5, 5.41) is 8.96. The number of Topliss-reactive ketones (excluding diaryl/α,β-unsaturated/α-hetero) is 1. The Morgan fingerprint density at radius 1 is 1.45 bits per heavy atom. The SMILES string of the molecule is CC(=O)c1ccc2c(c1)CCCN2CC1(CC#N)CC1. The molecule has 0 saturated heterocycles. The van der Waals surface area contributed by atoms with Gasteiger partial charge in [-0.25, -0.2) is 0 Å². The van der Waals surface area contributed by atoms with Gasteiger partial charge in [0.2, 0.25) is 0 Å². The maximum absolute atomic E-state index is 11.5. The van der Waals surface area contributed by atoms with Crippen molar-refractivity contribution >= 4 is 11.5 Å². The molecular weight excluding hydrogens is 248 g/mol. The van der Waals surface area contributed by atoms with Crippen molar-refractivity contribution in [1.29, 1.82) is 5.26 Å². The Kier molecular flexibility index (Phi) is 3.25. The van der Waals surface area contributed by atoms with E-state index in [1.807, 2.05) is 12.1 Å². The average Bonchev–Trinajstić information content (AvgIpc) is 3.18. The van der Waals surface area contributed by atoms with E-state index in [0.717, 1.165) is 31.5 Å². The van der Waals surface area contributed by atoms with Crippen LogP contribution in [-0.2, 0) is 6.42 Å². The highest BCUT2D eigenvalue weighted by molar-refractivity contribution is 5.94. The van der Waals surface area contributed by atoms with Gasteiger partial charge in [-0.3, -0.25) is 4.79 Å². The minimum atomic E-state index is 0.132. The Bertz CT molecular complexity index is 581. The fourth-order valence-corrected chi connectivity index (χ4v) is 3.20. The van der Waals surface area contributed by atoms with Crippen molar-refractivity contribution in [3.8, 4) is 6.07 Å². The smallest absolute Gasteiger partial charge is 0.159 e. The van der Waals surface area contributed by atoms with E-state index in [1.54, 1.807) is 6.92 Å². The van der Waals surface area contributed by atoms with Gasteiger partial charge in [-0.15, -0.1) is 0 Å². The fourth-order valence-electron chi connectivity index (χ4n) is 3.20. The Labute approximate surface area is 120 Å². The molecule has 0 aromatic heterocycles. The van der Waals surface area contributed by atoms with Crippen LogP contribution in [0.4, 0.5) is 5.69 Å².